The molecule has 1 amide bonds. The maximum absolute atomic E-state index is 11.8. The molecule has 0 unspecified atom stereocenters. The predicted octanol–water partition coefficient (Wildman–Crippen LogP) is 2.08. The van der Waals surface area contributed by atoms with Crippen LogP contribution in [0.25, 0.3) is 0 Å². The Morgan fingerprint density at radius 3 is 2.56 bits per heavy atom. The van der Waals surface area contributed by atoms with Crippen molar-refractivity contribution in [2.24, 2.45) is 0 Å². The molecule has 0 saturated heterocycles. The number of alkyl halides is 3. The molecule has 4 nitrogen and oxygen atoms in total. The molecule has 0 aliphatic rings. The number of carbonyl (C=O) groups excluding carboxylic acids is 1. The monoisotopic (exact) mass is 281 g/mol. The van der Waals surface area contributed by atoms with Gasteiger partial charge in [-0.1, -0.05) is 0 Å². The summed E-state index contributed by atoms with van der Waals surface area (Å²) < 4.78 is 35.4. The normalized spacial score (nSPS) is 11.3. The van der Waals surface area contributed by atoms with Gasteiger partial charge in [-0.25, -0.2) is 0 Å². The summed E-state index contributed by atoms with van der Waals surface area (Å²) in [7, 11) is 0. The Bertz CT molecular complexity index is 437. The maximum Gasteiger partial charge on any atom is 0.441 e. The molecule has 8 heteroatoms. The smallest absolute Gasteiger partial charge is 0.441 e. The van der Waals surface area contributed by atoms with Crippen LogP contribution >= 0.6 is 11.8 Å². The van der Waals surface area contributed by atoms with Crippen LogP contribution in [-0.4, -0.2) is 33.9 Å². The number of phenolic OH excluding ortho intramolecular Hbond substituents is 2. The van der Waals surface area contributed by atoms with E-state index in [1.807, 2.05) is 0 Å². The van der Waals surface area contributed by atoms with Crippen LogP contribution in [0.1, 0.15) is 10.4 Å². The molecule has 0 bridgehead atoms. The van der Waals surface area contributed by atoms with Gasteiger partial charge in [-0.2, -0.15) is 13.2 Å². The number of halogens is 3. The van der Waals surface area contributed by atoms with Gasteiger partial charge in [0.1, 0.15) is 11.5 Å². The summed E-state index contributed by atoms with van der Waals surface area (Å²) in [5, 5.41) is 20.6. The van der Waals surface area contributed by atoms with Crippen LogP contribution in [0, 0.1) is 0 Å². The molecule has 0 saturated carbocycles. The van der Waals surface area contributed by atoms with Crippen molar-refractivity contribution in [3.8, 4) is 11.5 Å². The summed E-state index contributed by atoms with van der Waals surface area (Å²) in [4.78, 5) is 11.5. The van der Waals surface area contributed by atoms with Gasteiger partial charge in [0.25, 0.3) is 5.91 Å². The van der Waals surface area contributed by atoms with Crippen molar-refractivity contribution < 1.29 is 28.2 Å². The van der Waals surface area contributed by atoms with Crippen molar-refractivity contribution in [3.05, 3.63) is 23.8 Å². The molecule has 0 aliphatic carbocycles. The van der Waals surface area contributed by atoms with Gasteiger partial charge < -0.3 is 15.5 Å². The number of thioether (sulfide) groups is 1. The Balaban J connectivity index is 2.46. The summed E-state index contributed by atoms with van der Waals surface area (Å²) >= 11 is -0.240. The van der Waals surface area contributed by atoms with Gasteiger partial charge in [0.2, 0.25) is 0 Å². The Morgan fingerprint density at radius 2 is 2.00 bits per heavy atom. The summed E-state index contributed by atoms with van der Waals surface area (Å²) in [5.74, 6) is -1.66. The number of aromatic hydroxyl groups is 2. The largest absolute Gasteiger partial charge is 0.508 e. The number of hydrogen-bond donors (Lipinski definition) is 3. The van der Waals surface area contributed by atoms with E-state index in [1.165, 1.54) is 12.1 Å². The molecule has 1 aromatic carbocycles. The Kier molecular flexibility index (Phi) is 4.71. The number of hydrogen-bond acceptors (Lipinski definition) is 4. The first-order chi connectivity index (χ1) is 8.29. The van der Waals surface area contributed by atoms with Crippen LogP contribution < -0.4 is 5.32 Å². The summed E-state index contributed by atoms with van der Waals surface area (Å²) in [6.45, 7) is -0.177. The van der Waals surface area contributed by atoms with Gasteiger partial charge in [0, 0.05) is 18.4 Å². The molecule has 0 aromatic heterocycles. The molecular weight excluding hydrogens is 271 g/mol. The Hall–Kier alpha value is -1.57. The number of benzene rings is 1. The van der Waals surface area contributed by atoms with Crippen LogP contribution in [0.5, 0.6) is 11.5 Å². The number of nitrogens with one attached hydrogen (secondary N) is 1. The van der Waals surface area contributed by atoms with Gasteiger partial charge in [0.05, 0.1) is 5.56 Å². The predicted molar refractivity (Wildman–Crippen MR) is 60.6 cm³/mol. The minimum absolute atomic E-state index is 0.107. The lowest BCUT2D eigenvalue weighted by Crippen LogP contribution is -2.26. The number of carbonyl (C=O) groups is 1. The fourth-order valence-electron chi connectivity index (χ4n) is 1.14. The van der Waals surface area contributed by atoms with Crippen LogP contribution in [0.4, 0.5) is 13.2 Å². The molecule has 1 aromatic rings. The zero-order valence-electron chi connectivity index (χ0n) is 8.99. The van der Waals surface area contributed by atoms with Crippen LogP contribution in [0.15, 0.2) is 18.2 Å². The molecule has 0 spiro atoms. The third-order valence-electron chi connectivity index (χ3n) is 1.88. The van der Waals surface area contributed by atoms with Crippen molar-refractivity contribution >= 4 is 17.7 Å². The molecule has 3 N–H and O–H groups in total. The molecule has 0 aliphatic heterocycles. The molecule has 0 atom stereocenters. The van der Waals surface area contributed by atoms with Gasteiger partial charge in [-0.3, -0.25) is 4.79 Å². The highest BCUT2D eigenvalue weighted by Crippen LogP contribution is 2.29. The lowest BCUT2D eigenvalue weighted by atomic mass is 10.2. The zero-order chi connectivity index (χ0) is 13.8. The number of rotatable bonds is 4. The second-order valence-electron chi connectivity index (χ2n) is 3.25. The highest BCUT2D eigenvalue weighted by Gasteiger charge is 2.27. The van der Waals surface area contributed by atoms with Gasteiger partial charge in [-0.15, -0.1) is 0 Å². The van der Waals surface area contributed by atoms with E-state index in [0.717, 1.165) is 6.07 Å². The first-order valence-corrected chi connectivity index (χ1v) is 5.79. The fraction of sp³-hybridized carbons (Fsp3) is 0.300. The van der Waals surface area contributed by atoms with Crippen molar-refractivity contribution in [1.82, 2.24) is 5.32 Å². The highest BCUT2D eigenvalue weighted by molar-refractivity contribution is 8.00. The number of phenols is 2. The van der Waals surface area contributed by atoms with E-state index in [0.29, 0.717) is 0 Å². The van der Waals surface area contributed by atoms with Crippen LogP contribution in [0.2, 0.25) is 0 Å². The SMILES string of the molecule is O=C(NCCSC(F)(F)F)c1ccc(O)cc1O. The van der Waals surface area contributed by atoms with E-state index in [4.69, 9.17) is 5.11 Å². The second-order valence-corrected chi connectivity index (χ2v) is 4.41. The van der Waals surface area contributed by atoms with Gasteiger partial charge in [0.15, 0.2) is 0 Å². The average Bonchev–Trinajstić information content (AvgIpc) is 2.22. The Morgan fingerprint density at radius 1 is 1.33 bits per heavy atom. The molecule has 0 heterocycles. The second kappa shape index (κ2) is 5.85. The van der Waals surface area contributed by atoms with Crippen molar-refractivity contribution in [2.45, 2.75) is 5.51 Å². The molecular formula is C10H10F3NO3S. The van der Waals surface area contributed by atoms with Crippen LogP contribution in [-0.2, 0) is 0 Å². The van der Waals surface area contributed by atoms with Crippen molar-refractivity contribution in [2.75, 3.05) is 12.3 Å². The highest BCUT2D eigenvalue weighted by atomic mass is 32.2. The van der Waals surface area contributed by atoms with E-state index < -0.39 is 17.2 Å². The van der Waals surface area contributed by atoms with Crippen molar-refractivity contribution in [1.29, 1.82) is 0 Å². The molecule has 1 rings (SSSR count). The molecule has 0 fully saturated rings. The summed E-state index contributed by atoms with van der Waals surface area (Å²) in [6.07, 6.45) is 0. The lowest BCUT2D eigenvalue weighted by molar-refractivity contribution is -0.0327. The first kappa shape index (κ1) is 14.5. The lowest BCUT2D eigenvalue weighted by Gasteiger charge is -2.08. The average molecular weight is 281 g/mol. The van der Waals surface area contributed by atoms with E-state index in [9.17, 15) is 23.1 Å². The molecule has 100 valence electrons. The standard InChI is InChI=1S/C10H10F3NO3S/c11-10(12,13)18-4-3-14-9(17)7-2-1-6(15)5-8(7)16/h1-2,5,15-16H,3-4H2,(H,14,17). The number of amides is 1. The quantitative estimate of drug-likeness (QED) is 0.739. The van der Waals surface area contributed by atoms with E-state index in [-0.39, 0.29) is 35.4 Å². The first-order valence-electron chi connectivity index (χ1n) is 4.80. The van der Waals surface area contributed by atoms with E-state index in [1.54, 1.807) is 0 Å². The van der Waals surface area contributed by atoms with Gasteiger partial charge >= 0.3 is 5.51 Å². The van der Waals surface area contributed by atoms with Crippen molar-refractivity contribution in [3.63, 3.8) is 0 Å². The fourth-order valence-corrected chi connectivity index (χ4v) is 1.57. The third-order valence-corrected chi connectivity index (χ3v) is 2.61. The molecule has 18 heavy (non-hydrogen) atoms. The summed E-state index contributed by atoms with van der Waals surface area (Å²) in [6, 6.07) is 3.34. The van der Waals surface area contributed by atoms with Gasteiger partial charge in [-0.05, 0) is 23.9 Å². The molecule has 0 radical (unpaired) electrons. The third kappa shape index (κ3) is 4.74. The minimum atomic E-state index is -4.33. The zero-order valence-corrected chi connectivity index (χ0v) is 9.81. The maximum atomic E-state index is 11.8. The van der Waals surface area contributed by atoms with E-state index >= 15 is 0 Å². The minimum Gasteiger partial charge on any atom is -0.508 e. The Labute approximate surface area is 105 Å². The topological polar surface area (TPSA) is 69.6 Å². The van der Waals surface area contributed by atoms with Crippen LogP contribution in [0.3, 0.4) is 0 Å². The van der Waals surface area contributed by atoms with E-state index in [2.05, 4.69) is 5.32 Å². The summed E-state index contributed by atoms with van der Waals surface area (Å²) in [5.41, 5.74) is -4.43.